The van der Waals surface area contributed by atoms with Gasteiger partial charge in [-0.25, -0.2) is 0 Å². The fourth-order valence-corrected chi connectivity index (χ4v) is 2.79. The number of alkyl halides is 3. The molecule has 0 radical (unpaired) electrons. The van der Waals surface area contributed by atoms with Crippen molar-refractivity contribution in [2.75, 3.05) is 26.7 Å². The van der Waals surface area contributed by atoms with Crippen LogP contribution in [0.5, 0.6) is 0 Å². The number of nitrogens with zero attached hydrogens (tertiary/aromatic N) is 1. The normalized spacial score (nSPS) is 13.5. The molecular formula is C20H29F3N2O2. The van der Waals surface area contributed by atoms with Gasteiger partial charge in [0.15, 0.2) is 0 Å². The number of amides is 1. The third-order valence-electron chi connectivity index (χ3n) is 4.34. The van der Waals surface area contributed by atoms with Crippen molar-refractivity contribution in [3.05, 3.63) is 33.7 Å². The molecule has 0 spiro atoms. The first-order chi connectivity index (χ1) is 12.6. The molecule has 152 valence electrons. The van der Waals surface area contributed by atoms with Crippen LogP contribution in [0.25, 0.3) is 12.8 Å². The van der Waals surface area contributed by atoms with Gasteiger partial charge in [0.05, 0.1) is 6.61 Å². The second-order valence-corrected chi connectivity index (χ2v) is 6.65. The van der Waals surface area contributed by atoms with E-state index in [-0.39, 0.29) is 6.54 Å². The van der Waals surface area contributed by atoms with Crippen molar-refractivity contribution in [2.24, 2.45) is 5.92 Å². The van der Waals surface area contributed by atoms with Crippen molar-refractivity contribution >= 4 is 18.7 Å². The maximum atomic E-state index is 12.4. The Labute approximate surface area is 158 Å². The number of carbonyl (C=O) groups excluding carboxylic acids is 1. The average Bonchev–Trinajstić information content (AvgIpc) is 2.59. The molecule has 1 aromatic rings. The Hall–Kier alpha value is -2.02. The van der Waals surface area contributed by atoms with Crippen LogP contribution < -0.4 is 15.8 Å². The summed E-state index contributed by atoms with van der Waals surface area (Å²) in [6.45, 7) is 10.3. The molecule has 0 aliphatic carbocycles. The highest BCUT2D eigenvalue weighted by atomic mass is 19.4. The van der Waals surface area contributed by atoms with Gasteiger partial charge in [0.2, 0.25) is 0 Å². The first-order valence-electron chi connectivity index (χ1n) is 9.10. The molecular weight excluding hydrogens is 357 g/mol. The van der Waals surface area contributed by atoms with Crippen LogP contribution in [0.1, 0.15) is 43.1 Å². The highest BCUT2D eigenvalue weighted by molar-refractivity contribution is 5.95. The second kappa shape index (κ2) is 10.3. The number of hydrogen-bond acceptors (Lipinski definition) is 3. The van der Waals surface area contributed by atoms with E-state index in [4.69, 9.17) is 0 Å². The van der Waals surface area contributed by atoms with Gasteiger partial charge in [-0.3, -0.25) is 9.53 Å². The molecule has 0 saturated carbocycles. The zero-order valence-corrected chi connectivity index (χ0v) is 16.4. The molecule has 0 aromatic heterocycles. The van der Waals surface area contributed by atoms with Crippen molar-refractivity contribution in [3.8, 4) is 0 Å². The predicted molar refractivity (Wildman–Crippen MR) is 101 cm³/mol. The lowest BCUT2D eigenvalue weighted by Gasteiger charge is -2.19. The van der Waals surface area contributed by atoms with Gasteiger partial charge in [-0.2, -0.15) is 0 Å². The highest BCUT2D eigenvalue weighted by Gasteiger charge is 2.28. The van der Waals surface area contributed by atoms with E-state index in [0.717, 1.165) is 29.0 Å². The number of halogens is 3. The van der Waals surface area contributed by atoms with Crippen LogP contribution in [0.15, 0.2) is 12.1 Å². The molecule has 0 bridgehead atoms. The molecule has 1 N–H and O–H groups in total. The highest BCUT2D eigenvalue weighted by Crippen LogP contribution is 2.15. The number of benzene rings is 1. The number of carbonyl (C=O) groups is 1. The van der Waals surface area contributed by atoms with Crippen molar-refractivity contribution in [2.45, 2.75) is 40.0 Å². The quantitative estimate of drug-likeness (QED) is 0.664. The van der Waals surface area contributed by atoms with E-state index in [1.165, 1.54) is 0 Å². The van der Waals surface area contributed by atoms with Crippen LogP contribution in [-0.4, -0.2) is 43.9 Å². The summed E-state index contributed by atoms with van der Waals surface area (Å²) in [5, 5.41) is 4.16. The third-order valence-corrected chi connectivity index (χ3v) is 4.34. The van der Waals surface area contributed by atoms with Crippen molar-refractivity contribution in [1.29, 1.82) is 0 Å². The Morgan fingerprint density at radius 3 is 2.59 bits per heavy atom. The van der Waals surface area contributed by atoms with Gasteiger partial charge in [0.25, 0.3) is 5.91 Å². The first-order valence-corrected chi connectivity index (χ1v) is 9.10. The number of hydrogen-bond donors (Lipinski definition) is 1. The van der Waals surface area contributed by atoms with E-state index in [0.29, 0.717) is 17.9 Å². The molecule has 0 heterocycles. The van der Waals surface area contributed by atoms with Crippen LogP contribution >= 0.6 is 0 Å². The number of rotatable bonds is 9. The molecule has 27 heavy (non-hydrogen) atoms. The SMILES string of the molecule is C=c1ccc(C(=O)NCCOC(F)(F)F)c(CC)/c1=C/N(C)CC(C)CC. The summed E-state index contributed by atoms with van der Waals surface area (Å²) >= 11 is 0. The predicted octanol–water partition coefficient (Wildman–Crippen LogP) is 2.64. The van der Waals surface area contributed by atoms with Gasteiger partial charge >= 0.3 is 6.36 Å². The fraction of sp³-hybridized carbons (Fsp3) is 0.550. The molecule has 1 atom stereocenters. The summed E-state index contributed by atoms with van der Waals surface area (Å²) in [5.74, 6) is 0.113. The van der Waals surface area contributed by atoms with E-state index in [1.807, 2.05) is 20.2 Å². The topological polar surface area (TPSA) is 41.6 Å². The monoisotopic (exact) mass is 386 g/mol. The maximum Gasteiger partial charge on any atom is 0.522 e. The maximum absolute atomic E-state index is 12.4. The molecule has 0 saturated heterocycles. The summed E-state index contributed by atoms with van der Waals surface area (Å²) in [6.07, 6.45) is -1.04. The van der Waals surface area contributed by atoms with Crippen LogP contribution in [0.4, 0.5) is 13.2 Å². The molecule has 1 unspecified atom stereocenters. The smallest absolute Gasteiger partial charge is 0.380 e. The van der Waals surface area contributed by atoms with Crippen LogP contribution in [0.3, 0.4) is 0 Å². The molecule has 1 aromatic carbocycles. The average molecular weight is 386 g/mol. The standard InChI is InChI=1S/C20H29F3N2O2/c1-6-14(3)12-25(5)13-18-15(4)8-9-17(16(18)7-2)19(26)24-10-11-27-20(21,22)23/h8-9,13-14H,4,6-7,10-12H2,1-3,5H3,(H,24,26)/b18-13+. The van der Waals surface area contributed by atoms with Crippen LogP contribution in [-0.2, 0) is 11.2 Å². The summed E-state index contributed by atoms with van der Waals surface area (Å²) in [7, 11) is 1.98. The Morgan fingerprint density at radius 1 is 1.37 bits per heavy atom. The van der Waals surface area contributed by atoms with E-state index in [2.05, 4.69) is 35.4 Å². The molecule has 7 heteroatoms. The molecule has 0 aliphatic rings. The van der Waals surface area contributed by atoms with E-state index in [9.17, 15) is 18.0 Å². The number of ether oxygens (including phenoxy) is 1. The van der Waals surface area contributed by atoms with Gasteiger partial charge in [-0.05, 0) is 29.2 Å². The van der Waals surface area contributed by atoms with Gasteiger partial charge in [0.1, 0.15) is 0 Å². The molecule has 0 aliphatic heterocycles. The minimum atomic E-state index is -4.70. The van der Waals surface area contributed by atoms with Crippen molar-refractivity contribution < 1.29 is 22.7 Å². The number of nitrogens with one attached hydrogen (secondary N) is 1. The van der Waals surface area contributed by atoms with Crippen molar-refractivity contribution in [1.82, 2.24) is 10.2 Å². The van der Waals surface area contributed by atoms with Crippen LogP contribution in [0, 0.1) is 5.92 Å². The van der Waals surface area contributed by atoms with E-state index < -0.39 is 18.9 Å². The fourth-order valence-electron chi connectivity index (χ4n) is 2.79. The van der Waals surface area contributed by atoms with Gasteiger partial charge in [-0.1, -0.05) is 39.8 Å². The first kappa shape index (κ1) is 23.0. The summed E-state index contributed by atoms with van der Waals surface area (Å²) < 4.78 is 39.7. The Balaban J connectivity index is 3.02. The Bertz CT molecular complexity index is 732. The van der Waals surface area contributed by atoms with E-state index >= 15 is 0 Å². The van der Waals surface area contributed by atoms with Crippen molar-refractivity contribution in [3.63, 3.8) is 0 Å². The zero-order valence-electron chi connectivity index (χ0n) is 16.4. The minimum absolute atomic E-state index is 0.222. The van der Waals surface area contributed by atoms with Crippen LogP contribution in [0.2, 0.25) is 0 Å². The second-order valence-electron chi connectivity index (χ2n) is 6.65. The largest absolute Gasteiger partial charge is 0.522 e. The summed E-state index contributed by atoms with van der Waals surface area (Å²) in [5.41, 5.74) is 1.27. The Morgan fingerprint density at radius 2 is 2.04 bits per heavy atom. The Kier molecular flexibility index (Phi) is 8.82. The molecule has 1 rings (SSSR count). The summed E-state index contributed by atoms with van der Waals surface area (Å²) in [6, 6.07) is 3.41. The molecule has 4 nitrogen and oxygen atoms in total. The third kappa shape index (κ3) is 7.62. The minimum Gasteiger partial charge on any atom is -0.380 e. The molecule has 0 fully saturated rings. The lowest BCUT2D eigenvalue weighted by molar-refractivity contribution is -0.323. The van der Waals surface area contributed by atoms with Gasteiger partial charge in [-0.15, -0.1) is 13.2 Å². The zero-order chi connectivity index (χ0) is 20.6. The lowest BCUT2D eigenvalue weighted by atomic mass is 10.0. The van der Waals surface area contributed by atoms with Gasteiger partial charge in [0, 0.05) is 37.1 Å². The lowest BCUT2D eigenvalue weighted by Crippen LogP contribution is -2.36. The van der Waals surface area contributed by atoms with Gasteiger partial charge < -0.3 is 10.2 Å². The summed E-state index contributed by atoms with van der Waals surface area (Å²) in [4.78, 5) is 14.5. The molecule has 1 amide bonds. The van der Waals surface area contributed by atoms with E-state index in [1.54, 1.807) is 12.1 Å².